The first-order chi connectivity index (χ1) is 34.2. The molecule has 70 heavy (non-hydrogen) atoms. The van der Waals surface area contributed by atoms with Gasteiger partial charge in [-0.25, -0.2) is 0 Å². The van der Waals surface area contributed by atoms with Crippen LogP contribution in [-0.4, -0.2) is 137 Å². The van der Waals surface area contributed by atoms with Gasteiger partial charge in [-0.1, -0.05) is 0 Å². The van der Waals surface area contributed by atoms with Crippen LogP contribution in [0.1, 0.15) is 107 Å². The van der Waals surface area contributed by atoms with Crippen LogP contribution in [0, 0.1) is 0 Å². The zero-order chi connectivity index (χ0) is 50.1. The van der Waals surface area contributed by atoms with Gasteiger partial charge in [-0.05, 0) is 102 Å². The standard InChI is InChI=1S/C54H82O12S4/c1-34(68-25-16-17-26-68)40-49(61-8)45(57-4)36(46(58-5)50(40)62-9)32-39(70-29-20-21-30-70)42-53(65-12)47(59-6)37(48(60-7)54(42)66-13)33-38(69-27-18-19-28-69)41-51(63-10)43(55-2)35(44(56-3)52(41)64-11)22-31-67-23-14-15-24-67/h34,38-39H,14-33H2,1-13H3/q+4. The molecule has 390 valence electrons. The monoisotopic (exact) mass is 1050 g/mol. The maximum absolute atomic E-state index is 6.65. The molecule has 4 fully saturated rings. The van der Waals surface area contributed by atoms with E-state index in [1.54, 1.807) is 85.3 Å². The van der Waals surface area contributed by atoms with Gasteiger partial charge >= 0.3 is 0 Å². The van der Waals surface area contributed by atoms with Crippen LogP contribution in [0.15, 0.2) is 0 Å². The SMILES string of the molecule is COc1c(CC(c2c(OC)c(OC)c(CC(c3c(OC)c(OC)c(CC[S+]4CCCC4)c(OC)c3OC)[S+]3CCCC3)c(OC)c2OC)[S+]2CCCC2)c(OC)c(OC)c(C(C)[S+]2CCCC2)c1OC. The Balaban J connectivity index is 1.44. The third-order valence-electron chi connectivity index (χ3n) is 14.9. The summed E-state index contributed by atoms with van der Waals surface area (Å²) in [4.78, 5) is 0. The first kappa shape index (κ1) is 54.4. The van der Waals surface area contributed by atoms with Crippen molar-refractivity contribution < 1.29 is 56.8 Å². The zero-order valence-electron chi connectivity index (χ0n) is 44.4. The number of benzene rings is 3. The van der Waals surface area contributed by atoms with Gasteiger partial charge in [-0.15, -0.1) is 0 Å². The third-order valence-corrected chi connectivity index (χ3v) is 25.9. The molecule has 0 aromatic heterocycles. The molecule has 0 radical (unpaired) electrons. The minimum Gasteiger partial charge on any atom is -0.492 e. The molecule has 0 N–H and O–H groups in total. The maximum Gasteiger partial charge on any atom is 0.173 e. The Morgan fingerprint density at radius 2 is 0.571 bits per heavy atom. The fraction of sp³-hybridized carbons (Fsp3) is 0.667. The van der Waals surface area contributed by atoms with Gasteiger partial charge in [0.2, 0.25) is 0 Å². The number of methoxy groups -OCH3 is 12. The molecule has 0 bridgehead atoms. The summed E-state index contributed by atoms with van der Waals surface area (Å²) in [6.45, 7) is 2.30. The minimum atomic E-state index is -0.111. The van der Waals surface area contributed by atoms with Crippen molar-refractivity contribution in [2.75, 3.05) is 137 Å². The molecule has 0 aliphatic carbocycles. The van der Waals surface area contributed by atoms with Crippen molar-refractivity contribution >= 4 is 43.6 Å². The molecular weight excluding hydrogens is 969 g/mol. The normalized spacial score (nSPS) is 18.1. The van der Waals surface area contributed by atoms with E-state index < -0.39 is 0 Å². The van der Waals surface area contributed by atoms with Crippen molar-refractivity contribution in [2.45, 2.75) is 93.3 Å². The van der Waals surface area contributed by atoms with Crippen molar-refractivity contribution in [3.05, 3.63) is 33.4 Å². The zero-order valence-corrected chi connectivity index (χ0v) is 47.7. The van der Waals surface area contributed by atoms with Crippen LogP contribution < -0.4 is 56.8 Å². The first-order valence-electron chi connectivity index (χ1n) is 25.0. The lowest BCUT2D eigenvalue weighted by atomic mass is 9.92. The lowest BCUT2D eigenvalue weighted by molar-refractivity contribution is 0.312. The van der Waals surface area contributed by atoms with Gasteiger partial charge in [0, 0.05) is 36.0 Å². The van der Waals surface area contributed by atoms with Crippen LogP contribution in [-0.2, 0) is 62.8 Å². The van der Waals surface area contributed by atoms with Crippen LogP contribution in [0.2, 0.25) is 0 Å². The van der Waals surface area contributed by atoms with Crippen molar-refractivity contribution in [1.82, 2.24) is 0 Å². The molecule has 3 aromatic carbocycles. The quantitative estimate of drug-likeness (QED) is 0.0754. The van der Waals surface area contributed by atoms with Crippen molar-refractivity contribution in [3.63, 3.8) is 0 Å². The molecule has 3 atom stereocenters. The Kier molecular flexibility index (Phi) is 19.9. The molecule has 3 aromatic rings. The highest BCUT2D eigenvalue weighted by Crippen LogP contribution is 2.60. The van der Waals surface area contributed by atoms with E-state index in [-0.39, 0.29) is 48.4 Å². The van der Waals surface area contributed by atoms with Gasteiger partial charge in [0.15, 0.2) is 79.5 Å². The highest BCUT2D eigenvalue weighted by Gasteiger charge is 2.48. The van der Waals surface area contributed by atoms with Gasteiger partial charge in [0.25, 0.3) is 0 Å². The van der Waals surface area contributed by atoms with Crippen LogP contribution in [0.5, 0.6) is 69.0 Å². The van der Waals surface area contributed by atoms with Crippen LogP contribution in [0.4, 0.5) is 0 Å². The Morgan fingerprint density at radius 1 is 0.314 bits per heavy atom. The first-order valence-corrected chi connectivity index (χ1v) is 31.6. The van der Waals surface area contributed by atoms with E-state index in [1.165, 1.54) is 48.7 Å². The van der Waals surface area contributed by atoms with E-state index in [1.807, 2.05) is 0 Å². The fourth-order valence-corrected chi connectivity index (χ4v) is 22.4. The summed E-state index contributed by atoms with van der Waals surface area (Å²) in [6, 6.07) is 0. The summed E-state index contributed by atoms with van der Waals surface area (Å²) in [5, 5.41) is 0.00406. The highest BCUT2D eigenvalue weighted by atomic mass is 32.2. The average molecular weight is 1050 g/mol. The van der Waals surface area contributed by atoms with E-state index in [0.717, 1.165) is 106 Å². The fourth-order valence-electron chi connectivity index (χ4n) is 11.7. The van der Waals surface area contributed by atoms with Gasteiger partial charge in [0.1, 0.15) is 57.0 Å². The Bertz CT molecular complexity index is 2120. The third kappa shape index (κ3) is 10.5. The molecule has 12 nitrogen and oxygen atoms in total. The Hall–Kier alpha value is -3.34. The predicted molar refractivity (Wildman–Crippen MR) is 293 cm³/mol. The molecule has 4 heterocycles. The van der Waals surface area contributed by atoms with Crippen LogP contribution in [0.25, 0.3) is 0 Å². The summed E-state index contributed by atoms with van der Waals surface area (Å²) in [6.07, 6.45) is 11.5. The van der Waals surface area contributed by atoms with E-state index in [2.05, 4.69) is 6.92 Å². The second-order valence-corrected chi connectivity index (χ2v) is 28.2. The average Bonchev–Trinajstić information content (AvgIpc) is 4.26. The summed E-state index contributed by atoms with van der Waals surface area (Å²) in [7, 11) is 21.2. The molecule has 0 amide bonds. The van der Waals surface area contributed by atoms with E-state index in [0.29, 0.717) is 81.2 Å². The Morgan fingerprint density at radius 3 is 0.871 bits per heavy atom. The van der Waals surface area contributed by atoms with Gasteiger partial charge in [-0.2, -0.15) is 0 Å². The largest absolute Gasteiger partial charge is 0.492 e. The molecule has 4 saturated heterocycles. The van der Waals surface area contributed by atoms with E-state index >= 15 is 0 Å². The van der Waals surface area contributed by atoms with Crippen molar-refractivity contribution in [1.29, 1.82) is 0 Å². The minimum absolute atomic E-state index is 0.0862. The van der Waals surface area contributed by atoms with Crippen LogP contribution in [0.3, 0.4) is 0 Å². The second-order valence-electron chi connectivity index (χ2n) is 18.2. The number of hydrogen-bond acceptors (Lipinski definition) is 12. The lowest BCUT2D eigenvalue weighted by Gasteiger charge is -2.30. The topological polar surface area (TPSA) is 111 Å². The predicted octanol–water partition coefficient (Wildman–Crippen LogP) is 9.61. The smallest absolute Gasteiger partial charge is 0.173 e. The van der Waals surface area contributed by atoms with Gasteiger partial charge in [-0.3, -0.25) is 0 Å². The van der Waals surface area contributed by atoms with Crippen molar-refractivity contribution in [2.24, 2.45) is 0 Å². The Labute approximate surface area is 430 Å². The number of hydrogen-bond donors (Lipinski definition) is 0. The summed E-state index contributed by atoms with van der Waals surface area (Å²) in [5.74, 6) is 18.4. The lowest BCUT2D eigenvalue weighted by Crippen LogP contribution is -2.23. The molecule has 16 heteroatoms. The number of ether oxygens (including phenoxy) is 12. The highest BCUT2D eigenvalue weighted by molar-refractivity contribution is 7.98. The van der Waals surface area contributed by atoms with Crippen molar-refractivity contribution in [3.8, 4) is 69.0 Å². The van der Waals surface area contributed by atoms with E-state index in [9.17, 15) is 0 Å². The summed E-state index contributed by atoms with van der Waals surface area (Å²) >= 11 is 0. The second kappa shape index (κ2) is 25.5. The van der Waals surface area contributed by atoms with Gasteiger partial charge < -0.3 is 56.8 Å². The number of rotatable bonds is 25. The molecule has 4 aliphatic heterocycles. The molecule has 0 saturated carbocycles. The molecule has 4 aliphatic rings. The maximum atomic E-state index is 6.65. The van der Waals surface area contributed by atoms with Crippen LogP contribution >= 0.6 is 0 Å². The molecule has 7 rings (SSSR count). The van der Waals surface area contributed by atoms with Gasteiger partial charge in [0.05, 0.1) is 102 Å². The summed E-state index contributed by atoms with van der Waals surface area (Å²) in [5.41, 5.74) is 5.61. The molecule has 0 spiro atoms. The summed E-state index contributed by atoms with van der Waals surface area (Å²) < 4.78 is 77.8. The molecular formula is C54H82O12S4+4. The van der Waals surface area contributed by atoms with E-state index in [4.69, 9.17) is 56.8 Å². The molecule has 3 unspecified atom stereocenters.